The van der Waals surface area contributed by atoms with Crippen molar-refractivity contribution in [3.05, 3.63) is 64.1 Å². The molecule has 181 valence electrons. The van der Waals surface area contributed by atoms with E-state index in [0.717, 1.165) is 0 Å². The van der Waals surface area contributed by atoms with E-state index in [0.29, 0.717) is 36.2 Å². The van der Waals surface area contributed by atoms with E-state index < -0.39 is 23.4 Å². The molecule has 5 nitrogen and oxygen atoms in total. The van der Waals surface area contributed by atoms with Gasteiger partial charge in [-0.15, -0.1) is 0 Å². The van der Waals surface area contributed by atoms with Crippen LogP contribution in [0.1, 0.15) is 31.9 Å². The van der Waals surface area contributed by atoms with Gasteiger partial charge in [0.1, 0.15) is 5.60 Å². The summed E-state index contributed by atoms with van der Waals surface area (Å²) in [5.41, 5.74) is -0.967. The monoisotopic (exact) mass is 537 g/mol. The standard InChI is InChI=1S/C25H25BrF3N2O3/c1-24(2,3)34-23(33)31-15-13-30(14-16-31)21(32)12-11-17-7-6-9-19(25(27,28)29)22(17)18-8-4-5-10-20(18)26/h4-8,10-12H,13-16H2,1-3H3/b12-11+. The first kappa shape index (κ1) is 25.8. The number of hydrogen-bond donors (Lipinski definition) is 0. The Balaban J connectivity index is 1.79. The van der Waals surface area contributed by atoms with Gasteiger partial charge in [0, 0.05) is 42.3 Å². The van der Waals surface area contributed by atoms with Crippen LogP contribution in [0.25, 0.3) is 17.2 Å². The van der Waals surface area contributed by atoms with E-state index in [2.05, 4.69) is 22.0 Å². The SMILES string of the molecule is CC(C)(C)OC(=O)N1CCN(C(=O)/C=C/c2cc[c]c(C(F)(F)F)c2-c2ccccc2Br)CC1. The first-order valence-electron chi connectivity index (χ1n) is 10.7. The van der Waals surface area contributed by atoms with Gasteiger partial charge in [0.05, 0.1) is 5.56 Å². The average Bonchev–Trinajstić information content (AvgIpc) is 2.76. The Hall–Kier alpha value is -2.81. The topological polar surface area (TPSA) is 49.9 Å². The van der Waals surface area contributed by atoms with Crippen LogP contribution in [0.4, 0.5) is 18.0 Å². The van der Waals surface area contributed by atoms with Crippen LogP contribution >= 0.6 is 15.9 Å². The fraction of sp³-hybridized carbons (Fsp3) is 0.360. The summed E-state index contributed by atoms with van der Waals surface area (Å²) in [6, 6.07) is 11.6. The lowest BCUT2D eigenvalue weighted by molar-refractivity contribution is -0.137. The second-order valence-corrected chi connectivity index (χ2v) is 9.64. The number of nitrogens with zero attached hydrogens (tertiary/aromatic N) is 2. The molecule has 0 atom stereocenters. The van der Waals surface area contributed by atoms with Crippen LogP contribution in [0.15, 0.2) is 46.9 Å². The number of carbonyl (C=O) groups excluding carboxylic acids is 2. The molecule has 0 aliphatic carbocycles. The molecule has 2 amide bonds. The summed E-state index contributed by atoms with van der Waals surface area (Å²) in [5, 5.41) is 0. The Bertz CT molecular complexity index is 1090. The maximum atomic E-state index is 13.8. The molecule has 0 spiro atoms. The molecule has 2 aromatic rings. The fourth-order valence-corrected chi connectivity index (χ4v) is 4.02. The molecule has 1 saturated heterocycles. The molecule has 34 heavy (non-hydrogen) atoms. The Morgan fingerprint density at radius 2 is 1.65 bits per heavy atom. The third-order valence-corrected chi connectivity index (χ3v) is 5.80. The van der Waals surface area contributed by atoms with Gasteiger partial charge in [-0.2, -0.15) is 13.2 Å². The number of hydrogen-bond acceptors (Lipinski definition) is 3. The lowest BCUT2D eigenvalue weighted by Crippen LogP contribution is -2.51. The molecule has 1 heterocycles. The fourth-order valence-electron chi connectivity index (χ4n) is 3.53. The number of halogens is 4. The third-order valence-electron chi connectivity index (χ3n) is 5.10. The first-order chi connectivity index (χ1) is 15.9. The van der Waals surface area contributed by atoms with Crippen LogP contribution in [-0.2, 0) is 15.7 Å². The molecule has 1 radical (unpaired) electrons. The quantitative estimate of drug-likeness (QED) is 0.449. The predicted octanol–water partition coefficient (Wildman–Crippen LogP) is 6.03. The zero-order valence-corrected chi connectivity index (χ0v) is 20.7. The summed E-state index contributed by atoms with van der Waals surface area (Å²) in [6.45, 7) is 6.58. The average molecular weight is 538 g/mol. The summed E-state index contributed by atoms with van der Waals surface area (Å²) in [4.78, 5) is 28.0. The summed E-state index contributed by atoms with van der Waals surface area (Å²) in [6.07, 6.45) is -2.40. The summed E-state index contributed by atoms with van der Waals surface area (Å²) in [7, 11) is 0. The summed E-state index contributed by atoms with van der Waals surface area (Å²) >= 11 is 3.32. The zero-order chi connectivity index (χ0) is 25.1. The Morgan fingerprint density at radius 1 is 1.03 bits per heavy atom. The van der Waals surface area contributed by atoms with Crippen molar-refractivity contribution in [3.8, 4) is 11.1 Å². The van der Waals surface area contributed by atoms with Crippen LogP contribution in [0.5, 0.6) is 0 Å². The lowest BCUT2D eigenvalue weighted by atomic mass is 9.93. The highest BCUT2D eigenvalue weighted by Crippen LogP contribution is 2.41. The van der Waals surface area contributed by atoms with Crippen molar-refractivity contribution in [2.45, 2.75) is 32.5 Å². The normalized spacial score (nSPS) is 15.0. The molecule has 1 aliphatic heterocycles. The van der Waals surface area contributed by atoms with Gasteiger partial charge in [0.2, 0.25) is 5.91 Å². The highest BCUT2D eigenvalue weighted by atomic mass is 79.9. The van der Waals surface area contributed by atoms with E-state index in [1.807, 2.05) is 0 Å². The number of ether oxygens (including phenoxy) is 1. The molecule has 3 rings (SSSR count). The highest BCUT2D eigenvalue weighted by Gasteiger charge is 2.35. The van der Waals surface area contributed by atoms with Crippen LogP contribution in [-0.4, -0.2) is 53.6 Å². The van der Waals surface area contributed by atoms with Gasteiger partial charge in [-0.05, 0) is 50.1 Å². The number of carbonyl (C=O) groups is 2. The number of alkyl halides is 3. The van der Waals surface area contributed by atoms with Crippen molar-refractivity contribution in [3.63, 3.8) is 0 Å². The van der Waals surface area contributed by atoms with Gasteiger partial charge in [-0.25, -0.2) is 4.79 Å². The number of piperazine rings is 1. The van der Waals surface area contributed by atoms with Crippen molar-refractivity contribution >= 4 is 34.0 Å². The molecule has 0 bridgehead atoms. The van der Waals surface area contributed by atoms with E-state index >= 15 is 0 Å². The molecule has 2 aromatic carbocycles. The minimum absolute atomic E-state index is 0.0544. The number of benzene rings is 2. The molecule has 0 N–H and O–H groups in total. The van der Waals surface area contributed by atoms with Gasteiger partial charge in [0.25, 0.3) is 0 Å². The van der Waals surface area contributed by atoms with E-state index in [4.69, 9.17) is 4.74 Å². The van der Waals surface area contributed by atoms with Crippen LogP contribution in [0, 0.1) is 6.07 Å². The molecular formula is C25H25BrF3N2O3. The predicted molar refractivity (Wildman–Crippen MR) is 127 cm³/mol. The van der Waals surface area contributed by atoms with Crippen LogP contribution in [0.3, 0.4) is 0 Å². The summed E-state index contributed by atoms with van der Waals surface area (Å²) in [5.74, 6) is -0.344. The second kappa shape index (κ2) is 10.2. The molecule has 1 aliphatic rings. The van der Waals surface area contributed by atoms with Crippen molar-refractivity contribution in [2.24, 2.45) is 0 Å². The van der Waals surface area contributed by atoms with Crippen molar-refractivity contribution in [1.29, 1.82) is 0 Å². The first-order valence-corrected chi connectivity index (χ1v) is 11.5. The van der Waals surface area contributed by atoms with Crippen LogP contribution in [0.2, 0.25) is 0 Å². The molecule has 9 heteroatoms. The van der Waals surface area contributed by atoms with Gasteiger partial charge < -0.3 is 14.5 Å². The van der Waals surface area contributed by atoms with Crippen LogP contribution < -0.4 is 0 Å². The van der Waals surface area contributed by atoms with Gasteiger partial charge >= 0.3 is 12.3 Å². The largest absolute Gasteiger partial charge is 0.444 e. The molecule has 1 fully saturated rings. The van der Waals surface area contributed by atoms with E-state index in [1.54, 1.807) is 49.9 Å². The molecule has 0 unspecified atom stereocenters. The Kier molecular flexibility index (Phi) is 7.75. The smallest absolute Gasteiger partial charge is 0.417 e. The summed E-state index contributed by atoms with van der Waals surface area (Å²) < 4.78 is 47.1. The molecule has 0 saturated carbocycles. The zero-order valence-electron chi connectivity index (χ0n) is 19.1. The van der Waals surface area contributed by atoms with Crippen molar-refractivity contribution in [1.82, 2.24) is 9.80 Å². The van der Waals surface area contributed by atoms with E-state index in [-0.39, 0.29) is 17.0 Å². The second-order valence-electron chi connectivity index (χ2n) is 8.79. The Morgan fingerprint density at radius 3 is 2.24 bits per heavy atom. The Labute approximate surface area is 205 Å². The van der Waals surface area contributed by atoms with Gasteiger partial charge in [-0.3, -0.25) is 4.79 Å². The van der Waals surface area contributed by atoms with Crippen molar-refractivity contribution < 1.29 is 27.5 Å². The minimum Gasteiger partial charge on any atom is -0.444 e. The number of rotatable bonds is 3. The lowest BCUT2D eigenvalue weighted by Gasteiger charge is -2.35. The third kappa shape index (κ3) is 6.40. The van der Waals surface area contributed by atoms with E-state index in [1.165, 1.54) is 29.2 Å². The molecule has 0 aromatic heterocycles. The maximum absolute atomic E-state index is 13.8. The van der Waals surface area contributed by atoms with Gasteiger partial charge in [-0.1, -0.05) is 46.3 Å². The minimum atomic E-state index is -4.61. The van der Waals surface area contributed by atoms with Crippen molar-refractivity contribution in [2.75, 3.05) is 26.2 Å². The van der Waals surface area contributed by atoms with Gasteiger partial charge in [0.15, 0.2) is 0 Å². The maximum Gasteiger partial charge on any atom is 0.417 e. The van der Waals surface area contributed by atoms with E-state index in [9.17, 15) is 22.8 Å². The highest BCUT2D eigenvalue weighted by molar-refractivity contribution is 9.10. The molecular weight excluding hydrogens is 513 g/mol. The number of amides is 2.